The Morgan fingerprint density at radius 3 is 1.83 bits per heavy atom. The number of aromatic nitrogens is 2. The van der Waals surface area contributed by atoms with E-state index in [9.17, 15) is 0 Å². The Morgan fingerprint density at radius 1 is 0.621 bits per heavy atom. The molecule has 3 aromatic carbocycles. The van der Waals surface area contributed by atoms with Gasteiger partial charge in [-0.1, -0.05) is 42.5 Å². The molecule has 0 amide bonds. The third-order valence-electron chi connectivity index (χ3n) is 5.31. The molecule has 142 valence electrons. The van der Waals surface area contributed by atoms with Gasteiger partial charge in [0.1, 0.15) is 11.5 Å². The van der Waals surface area contributed by atoms with Gasteiger partial charge < -0.3 is 9.47 Å². The Bertz CT molecular complexity index is 1300. The molecule has 0 aliphatic rings. The highest BCUT2D eigenvalue weighted by Crippen LogP contribution is 2.41. The summed E-state index contributed by atoms with van der Waals surface area (Å²) in [5, 5.41) is 5.75. The fourth-order valence-corrected chi connectivity index (χ4v) is 3.92. The SMILES string of the molecule is COc1ccc(-c2c(-c3ccc(OC)cc3)c3ccnn3c3ccccc23)cc1. The number of methoxy groups -OCH3 is 2. The van der Waals surface area contributed by atoms with Crippen LogP contribution in [0.2, 0.25) is 0 Å². The van der Waals surface area contributed by atoms with Gasteiger partial charge in [0.05, 0.1) is 31.4 Å². The van der Waals surface area contributed by atoms with Gasteiger partial charge in [-0.25, -0.2) is 4.52 Å². The second-order valence-corrected chi connectivity index (χ2v) is 6.85. The van der Waals surface area contributed by atoms with E-state index in [-0.39, 0.29) is 0 Å². The van der Waals surface area contributed by atoms with E-state index >= 15 is 0 Å². The zero-order valence-corrected chi connectivity index (χ0v) is 16.3. The van der Waals surface area contributed by atoms with Crippen LogP contribution in [0, 0.1) is 0 Å². The lowest BCUT2D eigenvalue weighted by atomic mass is 9.91. The number of fused-ring (bicyclic) bond motifs is 3. The number of hydrogen-bond donors (Lipinski definition) is 0. The second kappa shape index (κ2) is 6.99. The lowest BCUT2D eigenvalue weighted by molar-refractivity contribution is 0.414. The van der Waals surface area contributed by atoms with Crippen LogP contribution in [0.5, 0.6) is 11.5 Å². The van der Waals surface area contributed by atoms with Gasteiger partial charge in [0, 0.05) is 16.5 Å². The molecule has 0 spiro atoms. The van der Waals surface area contributed by atoms with Crippen LogP contribution in [0.25, 0.3) is 38.7 Å². The summed E-state index contributed by atoms with van der Waals surface area (Å²) < 4.78 is 12.7. The van der Waals surface area contributed by atoms with E-state index in [0.29, 0.717) is 0 Å². The maximum absolute atomic E-state index is 5.36. The molecule has 2 heterocycles. The van der Waals surface area contributed by atoms with Crippen molar-refractivity contribution in [3.05, 3.63) is 85.1 Å². The van der Waals surface area contributed by atoms with Gasteiger partial charge in [-0.15, -0.1) is 0 Å². The highest BCUT2D eigenvalue weighted by Gasteiger charge is 2.18. The zero-order valence-electron chi connectivity index (χ0n) is 16.3. The summed E-state index contributed by atoms with van der Waals surface area (Å²) in [5.74, 6) is 1.68. The largest absolute Gasteiger partial charge is 0.497 e. The molecule has 0 saturated carbocycles. The molecule has 0 aliphatic heterocycles. The number of benzene rings is 3. The number of nitrogens with zero attached hydrogens (tertiary/aromatic N) is 2. The number of hydrogen-bond acceptors (Lipinski definition) is 3. The molecule has 0 saturated heterocycles. The minimum Gasteiger partial charge on any atom is -0.497 e. The maximum atomic E-state index is 5.36. The topological polar surface area (TPSA) is 35.8 Å². The molecule has 0 aliphatic carbocycles. The van der Waals surface area contributed by atoms with Crippen LogP contribution in [0.4, 0.5) is 0 Å². The van der Waals surface area contributed by atoms with E-state index in [4.69, 9.17) is 9.47 Å². The van der Waals surface area contributed by atoms with E-state index < -0.39 is 0 Å². The monoisotopic (exact) mass is 380 g/mol. The summed E-state index contributed by atoms with van der Waals surface area (Å²) >= 11 is 0. The fraction of sp³-hybridized carbons (Fsp3) is 0.0800. The first-order valence-corrected chi connectivity index (χ1v) is 9.47. The Morgan fingerprint density at radius 2 is 1.21 bits per heavy atom. The molecule has 0 N–H and O–H groups in total. The van der Waals surface area contributed by atoms with E-state index in [2.05, 4.69) is 53.6 Å². The third kappa shape index (κ3) is 2.81. The third-order valence-corrected chi connectivity index (χ3v) is 5.31. The highest BCUT2D eigenvalue weighted by molar-refractivity contribution is 6.08. The van der Waals surface area contributed by atoms with Gasteiger partial charge in [0.15, 0.2) is 0 Å². The predicted molar refractivity (Wildman–Crippen MR) is 117 cm³/mol. The van der Waals surface area contributed by atoms with Gasteiger partial charge in [-0.2, -0.15) is 5.10 Å². The molecule has 0 atom stereocenters. The van der Waals surface area contributed by atoms with Crippen molar-refractivity contribution in [2.75, 3.05) is 14.2 Å². The summed E-state index contributed by atoms with van der Waals surface area (Å²) in [6.07, 6.45) is 1.85. The van der Waals surface area contributed by atoms with Crippen LogP contribution in [0.3, 0.4) is 0 Å². The van der Waals surface area contributed by atoms with Gasteiger partial charge in [0.25, 0.3) is 0 Å². The molecular weight excluding hydrogens is 360 g/mol. The van der Waals surface area contributed by atoms with Crippen molar-refractivity contribution in [2.45, 2.75) is 0 Å². The number of pyridine rings is 1. The Labute approximate surface area is 168 Å². The summed E-state index contributed by atoms with van der Waals surface area (Å²) in [5.41, 5.74) is 6.73. The van der Waals surface area contributed by atoms with Crippen LogP contribution in [0.15, 0.2) is 85.1 Å². The van der Waals surface area contributed by atoms with Crippen molar-refractivity contribution in [3.8, 4) is 33.8 Å². The van der Waals surface area contributed by atoms with Crippen LogP contribution >= 0.6 is 0 Å². The smallest absolute Gasteiger partial charge is 0.118 e. The van der Waals surface area contributed by atoms with Gasteiger partial charge in [0.2, 0.25) is 0 Å². The van der Waals surface area contributed by atoms with Crippen LogP contribution in [-0.2, 0) is 0 Å². The minimum atomic E-state index is 0.838. The number of ether oxygens (including phenoxy) is 2. The van der Waals surface area contributed by atoms with Crippen molar-refractivity contribution in [1.29, 1.82) is 0 Å². The molecule has 5 rings (SSSR count). The van der Waals surface area contributed by atoms with Crippen molar-refractivity contribution in [2.24, 2.45) is 0 Å². The minimum absolute atomic E-state index is 0.838. The predicted octanol–water partition coefficient (Wildman–Crippen LogP) is 5.84. The Kier molecular flexibility index (Phi) is 4.17. The molecule has 2 aromatic heterocycles. The highest BCUT2D eigenvalue weighted by atomic mass is 16.5. The molecular formula is C25H20N2O2. The Hall–Kier alpha value is -3.79. The number of para-hydroxylation sites is 1. The quantitative estimate of drug-likeness (QED) is 0.393. The molecule has 0 radical (unpaired) electrons. The first kappa shape index (κ1) is 17.3. The zero-order chi connectivity index (χ0) is 19.8. The lowest BCUT2D eigenvalue weighted by Crippen LogP contribution is -1.97. The first-order chi connectivity index (χ1) is 14.3. The first-order valence-electron chi connectivity index (χ1n) is 9.47. The van der Waals surface area contributed by atoms with Crippen LogP contribution < -0.4 is 9.47 Å². The summed E-state index contributed by atoms with van der Waals surface area (Å²) in [7, 11) is 3.37. The van der Waals surface area contributed by atoms with Gasteiger partial charge >= 0.3 is 0 Å². The number of rotatable bonds is 4. The molecule has 4 nitrogen and oxygen atoms in total. The van der Waals surface area contributed by atoms with E-state index in [1.165, 1.54) is 5.56 Å². The van der Waals surface area contributed by atoms with Crippen molar-refractivity contribution in [3.63, 3.8) is 0 Å². The molecule has 0 fully saturated rings. The van der Waals surface area contributed by atoms with Gasteiger partial charge in [-0.05, 0) is 47.5 Å². The molecule has 0 bridgehead atoms. The summed E-state index contributed by atoms with van der Waals surface area (Å²) in [4.78, 5) is 0. The molecule has 0 unspecified atom stereocenters. The van der Waals surface area contributed by atoms with Crippen molar-refractivity contribution >= 4 is 16.4 Å². The van der Waals surface area contributed by atoms with E-state index in [1.807, 2.05) is 41.0 Å². The molecule has 5 aromatic rings. The second-order valence-electron chi connectivity index (χ2n) is 6.85. The van der Waals surface area contributed by atoms with Crippen molar-refractivity contribution in [1.82, 2.24) is 9.61 Å². The van der Waals surface area contributed by atoms with Crippen molar-refractivity contribution < 1.29 is 9.47 Å². The van der Waals surface area contributed by atoms with Gasteiger partial charge in [-0.3, -0.25) is 0 Å². The Balaban J connectivity index is 1.90. The average Bonchev–Trinajstić information content (AvgIpc) is 3.28. The molecule has 29 heavy (non-hydrogen) atoms. The normalized spacial score (nSPS) is 11.1. The summed E-state index contributed by atoms with van der Waals surface area (Å²) in [6, 6.07) is 26.9. The van der Waals surface area contributed by atoms with E-state index in [0.717, 1.165) is 44.6 Å². The molecule has 4 heteroatoms. The van der Waals surface area contributed by atoms with Crippen LogP contribution in [-0.4, -0.2) is 23.8 Å². The fourth-order valence-electron chi connectivity index (χ4n) is 3.92. The standard InChI is InChI=1S/C25H20N2O2/c1-28-19-11-7-17(8-12-19)24-21-5-3-4-6-22(21)27-23(15-16-26-27)25(24)18-9-13-20(29-2)14-10-18/h3-16H,1-2H3. The summed E-state index contributed by atoms with van der Waals surface area (Å²) in [6.45, 7) is 0. The maximum Gasteiger partial charge on any atom is 0.118 e. The lowest BCUT2D eigenvalue weighted by Gasteiger charge is -2.17. The van der Waals surface area contributed by atoms with E-state index in [1.54, 1.807) is 14.2 Å². The average molecular weight is 380 g/mol. The van der Waals surface area contributed by atoms with Crippen LogP contribution in [0.1, 0.15) is 0 Å².